The van der Waals surface area contributed by atoms with E-state index in [9.17, 15) is 13.2 Å². The third-order valence-electron chi connectivity index (χ3n) is 5.02. The van der Waals surface area contributed by atoms with Crippen LogP contribution < -0.4 is 5.32 Å². The number of aliphatic hydroxyl groups excluding tert-OH is 1. The van der Waals surface area contributed by atoms with Crippen molar-refractivity contribution in [2.24, 2.45) is 0 Å². The highest BCUT2D eigenvalue weighted by atomic mass is 32.1. The van der Waals surface area contributed by atoms with Gasteiger partial charge in [0.15, 0.2) is 5.13 Å². The molecule has 33 heavy (non-hydrogen) atoms. The number of aromatic nitrogens is 2. The van der Waals surface area contributed by atoms with Crippen LogP contribution in [-0.2, 0) is 12.6 Å². The van der Waals surface area contributed by atoms with Gasteiger partial charge in [-0.1, -0.05) is 41.5 Å². The highest BCUT2D eigenvalue weighted by molar-refractivity contribution is 7.19. The molecule has 0 atom stereocenters. The predicted molar refractivity (Wildman–Crippen MR) is 125 cm³/mol. The van der Waals surface area contributed by atoms with Crippen LogP contribution in [0.4, 0.5) is 18.3 Å². The van der Waals surface area contributed by atoms with Gasteiger partial charge in [-0.15, -0.1) is 0 Å². The quantitative estimate of drug-likeness (QED) is 0.279. The summed E-state index contributed by atoms with van der Waals surface area (Å²) in [7, 11) is 0. The Hall–Kier alpha value is -3.41. The summed E-state index contributed by atoms with van der Waals surface area (Å²) in [5.41, 5.74) is 1.78. The van der Waals surface area contributed by atoms with Crippen molar-refractivity contribution >= 4 is 27.2 Å². The normalized spacial score (nSPS) is 11.3. The van der Waals surface area contributed by atoms with Crippen molar-refractivity contribution in [1.82, 2.24) is 9.97 Å². The van der Waals surface area contributed by atoms with E-state index in [4.69, 9.17) is 5.11 Å². The number of halogens is 3. The van der Waals surface area contributed by atoms with Crippen molar-refractivity contribution in [3.05, 3.63) is 77.7 Å². The minimum Gasteiger partial charge on any atom is -0.384 e. The monoisotopic (exact) mass is 467 g/mol. The molecule has 2 aromatic carbocycles. The van der Waals surface area contributed by atoms with E-state index < -0.39 is 11.7 Å². The highest BCUT2D eigenvalue weighted by Crippen LogP contribution is 2.34. The van der Waals surface area contributed by atoms with Crippen LogP contribution in [0, 0.1) is 11.8 Å². The van der Waals surface area contributed by atoms with Gasteiger partial charge < -0.3 is 10.4 Å². The zero-order valence-corrected chi connectivity index (χ0v) is 18.3. The molecule has 2 aromatic heterocycles. The molecule has 0 radical (unpaired) electrons. The molecule has 2 heterocycles. The van der Waals surface area contributed by atoms with E-state index in [-0.39, 0.29) is 6.61 Å². The summed E-state index contributed by atoms with van der Waals surface area (Å²) in [5.74, 6) is 5.58. The van der Waals surface area contributed by atoms with E-state index in [1.807, 2.05) is 24.4 Å². The van der Waals surface area contributed by atoms with Crippen molar-refractivity contribution in [3.63, 3.8) is 0 Å². The van der Waals surface area contributed by atoms with Gasteiger partial charge >= 0.3 is 6.18 Å². The molecule has 2 N–H and O–H groups in total. The number of aliphatic hydroxyl groups is 1. The van der Waals surface area contributed by atoms with Gasteiger partial charge in [0.1, 0.15) is 12.3 Å². The van der Waals surface area contributed by atoms with Crippen LogP contribution in [0.25, 0.3) is 21.2 Å². The number of thiazole rings is 1. The Morgan fingerprint density at radius 2 is 1.85 bits per heavy atom. The molecule has 0 bridgehead atoms. The van der Waals surface area contributed by atoms with Gasteiger partial charge in [-0.05, 0) is 59.5 Å². The molecule has 0 fully saturated rings. The molecular formula is C25H20F3N3OS. The van der Waals surface area contributed by atoms with Crippen molar-refractivity contribution in [2.45, 2.75) is 19.0 Å². The molecule has 0 aliphatic carbocycles. The molecular weight excluding hydrogens is 447 g/mol. The maximum Gasteiger partial charge on any atom is 0.416 e. The van der Waals surface area contributed by atoms with Crippen LogP contribution in [0.1, 0.15) is 23.2 Å². The molecule has 0 spiro atoms. The summed E-state index contributed by atoms with van der Waals surface area (Å²) in [6, 6.07) is 13.3. The number of hydrogen-bond acceptors (Lipinski definition) is 5. The largest absolute Gasteiger partial charge is 0.416 e. The summed E-state index contributed by atoms with van der Waals surface area (Å²) >= 11 is 1.48. The van der Waals surface area contributed by atoms with Crippen molar-refractivity contribution in [3.8, 4) is 22.3 Å². The van der Waals surface area contributed by atoms with Gasteiger partial charge in [0.2, 0.25) is 0 Å². The van der Waals surface area contributed by atoms with Gasteiger partial charge in [0.05, 0.1) is 10.4 Å². The van der Waals surface area contributed by atoms with Crippen LogP contribution in [0.5, 0.6) is 0 Å². The summed E-state index contributed by atoms with van der Waals surface area (Å²) in [5, 5.41) is 15.2. The van der Waals surface area contributed by atoms with Gasteiger partial charge in [0.25, 0.3) is 0 Å². The maximum atomic E-state index is 12.7. The minimum absolute atomic E-state index is 0.254. The number of aryl methyl sites for hydroxylation is 1. The first-order valence-electron chi connectivity index (χ1n) is 10.3. The van der Waals surface area contributed by atoms with E-state index in [2.05, 4.69) is 33.2 Å². The Morgan fingerprint density at radius 1 is 1.03 bits per heavy atom. The van der Waals surface area contributed by atoms with E-state index in [1.165, 1.54) is 23.5 Å². The number of pyridine rings is 1. The summed E-state index contributed by atoms with van der Waals surface area (Å²) in [6.45, 7) is 0.362. The molecule has 0 aliphatic rings. The van der Waals surface area contributed by atoms with Crippen LogP contribution >= 0.6 is 11.3 Å². The number of hydrogen-bond donors (Lipinski definition) is 2. The lowest BCUT2D eigenvalue weighted by Crippen LogP contribution is -2.05. The first-order valence-corrected chi connectivity index (χ1v) is 11.1. The molecule has 4 aromatic rings. The second-order valence-electron chi connectivity index (χ2n) is 7.32. The smallest absolute Gasteiger partial charge is 0.384 e. The van der Waals surface area contributed by atoms with Gasteiger partial charge in [-0.3, -0.25) is 4.98 Å². The summed E-state index contributed by atoms with van der Waals surface area (Å²) in [4.78, 5) is 9.61. The maximum absolute atomic E-state index is 12.7. The second-order valence-corrected chi connectivity index (χ2v) is 8.32. The first-order chi connectivity index (χ1) is 15.9. The molecule has 4 nitrogen and oxygen atoms in total. The topological polar surface area (TPSA) is 58.0 Å². The molecule has 0 unspecified atom stereocenters. The predicted octanol–water partition coefficient (Wildman–Crippen LogP) is 5.77. The van der Waals surface area contributed by atoms with E-state index in [0.717, 1.165) is 45.3 Å². The third-order valence-corrected chi connectivity index (χ3v) is 6.08. The van der Waals surface area contributed by atoms with Gasteiger partial charge in [-0.25, -0.2) is 4.98 Å². The summed E-state index contributed by atoms with van der Waals surface area (Å²) in [6.07, 6.45) is 0.623. The fraction of sp³-hybridized carbons (Fsp3) is 0.200. The number of fused-ring (bicyclic) bond motifs is 1. The molecule has 8 heteroatoms. The molecule has 168 valence electrons. The Bertz CT molecular complexity index is 1300. The highest BCUT2D eigenvalue weighted by Gasteiger charge is 2.29. The van der Waals surface area contributed by atoms with E-state index in [0.29, 0.717) is 23.8 Å². The van der Waals surface area contributed by atoms with Crippen molar-refractivity contribution in [2.75, 3.05) is 18.5 Å². The Kier molecular flexibility index (Phi) is 6.92. The lowest BCUT2D eigenvalue weighted by molar-refractivity contribution is -0.137. The summed E-state index contributed by atoms with van der Waals surface area (Å²) < 4.78 is 38.1. The second kappa shape index (κ2) is 10.0. The number of nitrogens with zero attached hydrogens (tertiary/aromatic N) is 2. The molecule has 0 aliphatic heterocycles. The lowest BCUT2D eigenvalue weighted by Gasteiger charge is -2.07. The van der Waals surface area contributed by atoms with Crippen molar-refractivity contribution in [1.29, 1.82) is 0 Å². The van der Waals surface area contributed by atoms with Gasteiger partial charge in [0, 0.05) is 24.3 Å². The molecule has 0 amide bonds. The van der Waals surface area contributed by atoms with E-state index >= 15 is 0 Å². The van der Waals surface area contributed by atoms with Gasteiger partial charge in [-0.2, -0.15) is 13.2 Å². The van der Waals surface area contributed by atoms with Crippen LogP contribution in [0.15, 0.2) is 60.9 Å². The standard InChI is InChI=1S/C25H20F3N3OS/c26-25(27,28)21-9-5-17(6-10-21)3-1-12-30-24-31-22(4-2-14-32)23(33-24)19-7-8-20-16-29-13-11-18(20)15-19/h5-11,13,15-16,32H,1,3,12,14H2,(H,30,31). The Labute approximate surface area is 193 Å². The molecule has 4 rings (SSSR count). The number of anilines is 1. The molecule has 0 saturated heterocycles. The Balaban J connectivity index is 1.44. The van der Waals surface area contributed by atoms with Crippen LogP contribution in [0.2, 0.25) is 0 Å². The third kappa shape index (κ3) is 5.69. The average molecular weight is 468 g/mol. The zero-order chi connectivity index (χ0) is 23.3. The minimum atomic E-state index is -4.32. The Morgan fingerprint density at radius 3 is 2.61 bits per heavy atom. The first kappa shape index (κ1) is 22.8. The lowest BCUT2D eigenvalue weighted by atomic mass is 10.1. The molecule has 0 saturated carbocycles. The number of alkyl halides is 3. The number of benzene rings is 2. The number of rotatable bonds is 6. The SMILES string of the molecule is OCC#Cc1nc(NCCCc2ccc(C(F)(F)F)cc2)sc1-c1ccc2cnccc2c1. The fourth-order valence-corrected chi connectivity index (χ4v) is 4.31. The average Bonchev–Trinajstić information content (AvgIpc) is 3.23. The van der Waals surface area contributed by atoms with Crippen LogP contribution in [0.3, 0.4) is 0 Å². The zero-order valence-electron chi connectivity index (χ0n) is 17.5. The van der Waals surface area contributed by atoms with Crippen molar-refractivity contribution < 1.29 is 18.3 Å². The van der Waals surface area contributed by atoms with Crippen LogP contribution in [-0.4, -0.2) is 28.2 Å². The van der Waals surface area contributed by atoms with E-state index in [1.54, 1.807) is 6.20 Å². The number of nitrogens with one attached hydrogen (secondary N) is 1. The fourth-order valence-electron chi connectivity index (χ4n) is 3.37.